The first-order valence-corrected chi connectivity index (χ1v) is 9.49. The van der Waals surface area contributed by atoms with Gasteiger partial charge in [-0.1, -0.05) is 11.6 Å². The van der Waals surface area contributed by atoms with Gasteiger partial charge in [-0.15, -0.1) is 0 Å². The molecule has 2 amide bonds. The Balaban J connectivity index is 1.52. The van der Waals surface area contributed by atoms with Crippen molar-refractivity contribution in [1.82, 2.24) is 4.90 Å². The fourth-order valence-electron chi connectivity index (χ4n) is 3.03. The minimum Gasteiger partial charge on any atom is -0.484 e. The molecule has 0 radical (unpaired) electrons. The zero-order valence-corrected chi connectivity index (χ0v) is 16.1. The quantitative estimate of drug-likeness (QED) is 0.833. The number of likely N-dealkylation sites (tertiary alicyclic amines) is 1. The first-order chi connectivity index (χ1) is 13.0. The van der Waals surface area contributed by atoms with Crippen LogP contribution >= 0.6 is 11.6 Å². The SMILES string of the molecule is Cc1cc(OCC(=O)Nc2ccc(C(=O)N3CCCCC3)cc2)ccc1Cl. The van der Waals surface area contributed by atoms with E-state index in [0.717, 1.165) is 31.5 Å². The van der Waals surface area contributed by atoms with E-state index in [1.807, 2.05) is 11.8 Å². The number of aryl methyl sites for hydroxylation is 1. The molecule has 1 fully saturated rings. The molecule has 1 aliphatic heterocycles. The second-order valence-corrected chi connectivity index (χ2v) is 7.09. The predicted molar refractivity (Wildman–Crippen MR) is 107 cm³/mol. The number of piperidine rings is 1. The number of benzene rings is 2. The minimum absolute atomic E-state index is 0.0500. The van der Waals surface area contributed by atoms with Crippen molar-refractivity contribution in [1.29, 1.82) is 0 Å². The van der Waals surface area contributed by atoms with Crippen LogP contribution in [0.3, 0.4) is 0 Å². The fraction of sp³-hybridized carbons (Fsp3) is 0.333. The van der Waals surface area contributed by atoms with Crippen molar-refractivity contribution in [2.24, 2.45) is 0 Å². The molecule has 1 heterocycles. The summed E-state index contributed by atoms with van der Waals surface area (Å²) < 4.78 is 5.49. The molecule has 1 aliphatic rings. The Labute approximate surface area is 164 Å². The molecule has 2 aromatic rings. The van der Waals surface area contributed by atoms with E-state index in [9.17, 15) is 9.59 Å². The number of amides is 2. The van der Waals surface area contributed by atoms with Gasteiger partial charge >= 0.3 is 0 Å². The maximum absolute atomic E-state index is 12.5. The highest BCUT2D eigenvalue weighted by Gasteiger charge is 2.18. The summed E-state index contributed by atoms with van der Waals surface area (Å²) in [5, 5.41) is 3.43. The number of ether oxygens (including phenoxy) is 1. The van der Waals surface area contributed by atoms with E-state index in [-0.39, 0.29) is 18.4 Å². The fourth-order valence-corrected chi connectivity index (χ4v) is 3.15. The first kappa shape index (κ1) is 19.2. The average molecular weight is 387 g/mol. The second-order valence-electron chi connectivity index (χ2n) is 6.68. The lowest BCUT2D eigenvalue weighted by Crippen LogP contribution is -2.35. The van der Waals surface area contributed by atoms with Crippen molar-refractivity contribution in [2.75, 3.05) is 25.0 Å². The number of rotatable bonds is 5. The molecule has 1 N–H and O–H groups in total. The number of carbonyl (C=O) groups is 2. The summed E-state index contributed by atoms with van der Waals surface area (Å²) in [4.78, 5) is 26.4. The van der Waals surface area contributed by atoms with E-state index in [1.54, 1.807) is 42.5 Å². The maximum Gasteiger partial charge on any atom is 0.262 e. The number of nitrogens with zero attached hydrogens (tertiary/aromatic N) is 1. The van der Waals surface area contributed by atoms with Gasteiger partial charge in [0.1, 0.15) is 5.75 Å². The number of carbonyl (C=O) groups excluding carboxylic acids is 2. The molecule has 0 unspecified atom stereocenters. The molecule has 0 aromatic heterocycles. The smallest absolute Gasteiger partial charge is 0.262 e. The van der Waals surface area contributed by atoms with Crippen molar-refractivity contribution in [3.63, 3.8) is 0 Å². The van der Waals surface area contributed by atoms with Crippen LogP contribution in [0.4, 0.5) is 5.69 Å². The molecule has 0 bridgehead atoms. The molecule has 27 heavy (non-hydrogen) atoms. The number of hydrogen-bond donors (Lipinski definition) is 1. The summed E-state index contributed by atoms with van der Waals surface area (Å²) in [6.45, 7) is 3.41. The summed E-state index contributed by atoms with van der Waals surface area (Å²) in [5.41, 5.74) is 2.16. The molecular weight excluding hydrogens is 364 g/mol. The minimum atomic E-state index is -0.266. The van der Waals surface area contributed by atoms with Crippen molar-refractivity contribution in [2.45, 2.75) is 26.2 Å². The molecule has 2 aromatic carbocycles. The van der Waals surface area contributed by atoms with E-state index in [1.165, 1.54) is 6.42 Å². The standard InChI is InChI=1S/C21H23ClN2O3/c1-15-13-18(9-10-19(15)22)27-14-20(25)23-17-7-5-16(6-8-17)21(26)24-11-3-2-4-12-24/h5-10,13H,2-4,11-12,14H2,1H3,(H,23,25). The van der Waals surface area contributed by atoms with Gasteiger partial charge in [-0.05, 0) is 74.2 Å². The van der Waals surface area contributed by atoms with Gasteiger partial charge in [0, 0.05) is 29.4 Å². The largest absolute Gasteiger partial charge is 0.484 e. The van der Waals surface area contributed by atoms with E-state index >= 15 is 0 Å². The van der Waals surface area contributed by atoms with Gasteiger partial charge in [0.25, 0.3) is 11.8 Å². The van der Waals surface area contributed by atoms with Gasteiger partial charge in [-0.3, -0.25) is 9.59 Å². The van der Waals surface area contributed by atoms with Gasteiger partial charge in [0.15, 0.2) is 6.61 Å². The van der Waals surface area contributed by atoms with Crippen LogP contribution in [-0.2, 0) is 4.79 Å². The third-order valence-corrected chi connectivity index (χ3v) is 4.98. The van der Waals surface area contributed by atoms with Gasteiger partial charge in [0.2, 0.25) is 0 Å². The zero-order valence-electron chi connectivity index (χ0n) is 15.3. The number of anilines is 1. The highest BCUT2D eigenvalue weighted by atomic mass is 35.5. The second kappa shape index (κ2) is 8.91. The van der Waals surface area contributed by atoms with Gasteiger partial charge in [0.05, 0.1) is 0 Å². The summed E-state index contributed by atoms with van der Waals surface area (Å²) in [5.74, 6) is 0.376. The Morgan fingerprint density at radius 3 is 2.44 bits per heavy atom. The maximum atomic E-state index is 12.5. The lowest BCUT2D eigenvalue weighted by atomic mass is 10.1. The van der Waals surface area contributed by atoms with Crippen LogP contribution in [0.1, 0.15) is 35.2 Å². The Morgan fingerprint density at radius 2 is 1.78 bits per heavy atom. The summed E-state index contributed by atoms with van der Waals surface area (Å²) in [6, 6.07) is 12.2. The van der Waals surface area contributed by atoms with Crippen molar-refractivity contribution in [3.8, 4) is 5.75 Å². The van der Waals surface area contributed by atoms with Gasteiger partial charge in [-0.25, -0.2) is 0 Å². The number of hydrogen-bond acceptors (Lipinski definition) is 3. The number of nitrogens with one attached hydrogen (secondary N) is 1. The van der Waals surface area contributed by atoms with E-state index in [4.69, 9.17) is 16.3 Å². The van der Waals surface area contributed by atoms with E-state index in [2.05, 4.69) is 5.32 Å². The first-order valence-electron chi connectivity index (χ1n) is 9.11. The van der Waals surface area contributed by atoms with Crippen LogP contribution < -0.4 is 10.1 Å². The highest BCUT2D eigenvalue weighted by molar-refractivity contribution is 6.31. The average Bonchev–Trinajstić information content (AvgIpc) is 2.69. The predicted octanol–water partition coefficient (Wildman–Crippen LogP) is 4.29. The van der Waals surface area contributed by atoms with Gasteiger partial charge < -0.3 is 15.0 Å². The summed E-state index contributed by atoms with van der Waals surface area (Å²) in [7, 11) is 0. The van der Waals surface area contributed by atoms with Crippen molar-refractivity contribution in [3.05, 3.63) is 58.6 Å². The topological polar surface area (TPSA) is 58.6 Å². The lowest BCUT2D eigenvalue weighted by Gasteiger charge is -2.26. The molecule has 0 saturated carbocycles. The normalized spacial score (nSPS) is 13.9. The van der Waals surface area contributed by atoms with E-state index < -0.39 is 0 Å². The summed E-state index contributed by atoms with van der Waals surface area (Å²) >= 11 is 5.97. The van der Waals surface area contributed by atoms with Crippen molar-refractivity contribution >= 4 is 29.1 Å². The Bertz CT molecular complexity index is 815. The molecule has 0 spiro atoms. The molecule has 0 aliphatic carbocycles. The monoisotopic (exact) mass is 386 g/mol. The molecular formula is C21H23ClN2O3. The Morgan fingerprint density at radius 1 is 1.07 bits per heavy atom. The Kier molecular flexibility index (Phi) is 6.35. The third kappa shape index (κ3) is 5.23. The van der Waals surface area contributed by atoms with Crippen LogP contribution in [0, 0.1) is 6.92 Å². The Hall–Kier alpha value is -2.53. The zero-order chi connectivity index (χ0) is 19.2. The van der Waals surface area contributed by atoms with Crippen LogP contribution in [0.5, 0.6) is 5.75 Å². The molecule has 5 nitrogen and oxygen atoms in total. The third-order valence-electron chi connectivity index (χ3n) is 4.56. The molecule has 1 saturated heterocycles. The van der Waals surface area contributed by atoms with Crippen LogP contribution in [0.15, 0.2) is 42.5 Å². The van der Waals surface area contributed by atoms with Gasteiger partial charge in [-0.2, -0.15) is 0 Å². The van der Waals surface area contributed by atoms with E-state index in [0.29, 0.717) is 22.0 Å². The van der Waals surface area contributed by atoms with Crippen LogP contribution in [0.2, 0.25) is 5.02 Å². The van der Waals surface area contributed by atoms with Crippen molar-refractivity contribution < 1.29 is 14.3 Å². The molecule has 142 valence electrons. The summed E-state index contributed by atoms with van der Waals surface area (Å²) in [6.07, 6.45) is 3.31. The highest BCUT2D eigenvalue weighted by Crippen LogP contribution is 2.21. The van der Waals surface area contributed by atoms with Crippen LogP contribution in [0.25, 0.3) is 0 Å². The lowest BCUT2D eigenvalue weighted by molar-refractivity contribution is -0.118. The number of halogens is 1. The van der Waals surface area contributed by atoms with Crippen LogP contribution in [-0.4, -0.2) is 36.4 Å². The molecule has 6 heteroatoms. The molecule has 0 atom stereocenters. The molecule has 3 rings (SSSR count).